The van der Waals surface area contributed by atoms with Gasteiger partial charge in [-0.1, -0.05) is 0 Å². The van der Waals surface area contributed by atoms with Crippen molar-refractivity contribution in [2.75, 3.05) is 7.11 Å². The van der Waals surface area contributed by atoms with E-state index in [1.807, 2.05) is 10.5 Å². The van der Waals surface area contributed by atoms with E-state index < -0.39 is 0 Å². The van der Waals surface area contributed by atoms with Crippen molar-refractivity contribution in [3.05, 3.63) is 29.7 Å². The number of rotatable bonds is 2. The molecule has 0 bridgehead atoms. The summed E-state index contributed by atoms with van der Waals surface area (Å²) in [7, 11) is 1.39. The van der Waals surface area contributed by atoms with Gasteiger partial charge in [0.15, 0.2) is 5.65 Å². The van der Waals surface area contributed by atoms with E-state index in [9.17, 15) is 4.79 Å². The minimum absolute atomic E-state index is 0.323. The molecular formula is C14H15N3O2. The van der Waals surface area contributed by atoms with Gasteiger partial charge in [0.05, 0.1) is 12.7 Å². The molecule has 0 N–H and O–H groups in total. The summed E-state index contributed by atoms with van der Waals surface area (Å²) in [6, 6.07) is 3.55. The van der Waals surface area contributed by atoms with Crippen molar-refractivity contribution in [2.45, 2.75) is 25.2 Å². The minimum atomic E-state index is -0.323. The van der Waals surface area contributed by atoms with E-state index in [1.165, 1.54) is 26.4 Å². The van der Waals surface area contributed by atoms with E-state index in [4.69, 9.17) is 4.74 Å². The first-order valence-corrected chi connectivity index (χ1v) is 6.69. The van der Waals surface area contributed by atoms with Crippen LogP contribution in [0.15, 0.2) is 18.3 Å². The predicted molar refractivity (Wildman–Crippen MR) is 67.9 cm³/mol. The molecule has 2 unspecified atom stereocenters. The number of aromatic nitrogens is 3. The summed E-state index contributed by atoms with van der Waals surface area (Å²) >= 11 is 0. The quantitative estimate of drug-likeness (QED) is 0.772. The summed E-state index contributed by atoms with van der Waals surface area (Å²) in [5.74, 6) is 2.97. The standard InChI is InChI=1S/C14H15N3O2/c1-19-14(18)8-2-3-12-15-16-13(17(12)7-8)11-5-9-4-10(9)6-11/h2-3,7,9-11H,4-6H2,1H3. The first-order chi connectivity index (χ1) is 9.26. The van der Waals surface area contributed by atoms with Gasteiger partial charge in [0.1, 0.15) is 5.82 Å². The van der Waals surface area contributed by atoms with Crippen LogP contribution in [0, 0.1) is 11.8 Å². The minimum Gasteiger partial charge on any atom is -0.465 e. The highest BCUT2D eigenvalue weighted by atomic mass is 16.5. The molecule has 5 nitrogen and oxygen atoms in total. The summed E-state index contributed by atoms with van der Waals surface area (Å²) in [6.07, 6.45) is 5.61. The highest BCUT2D eigenvalue weighted by Gasteiger charge is 2.47. The first-order valence-electron chi connectivity index (χ1n) is 6.69. The van der Waals surface area contributed by atoms with Gasteiger partial charge < -0.3 is 4.74 Å². The number of pyridine rings is 1. The normalized spacial score (nSPS) is 28.4. The number of methoxy groups -OCH3 is 1. The molecule has 2 aliphatic rings. The van der Waals surface area contributed by atoms with Crippen molar-refractivity contribution >= 4 is 11.6 Å². The molecule has 0 aromatic carbocycles. The van der Waals surface area contributed by atoms with Crippen LogP contribution < -0.4 is 0 Å². The van der Waals surface area contributed by atoms with Crippen LogP contribution >= 0.6 is 0 Å². The molecule has 2 aromatic rings. The van der Waals surface area contributed by atoms with Crippen LogP contribution in [-0.2, 0) is 4.74 Å². The summed E-state index contributed by atoms with van der Waals surface area (Å²) in [5.41, 5.74) is 1.34. The van der Waals surface area contributed by atoms with Gasteiger partial charge in [-0.3, -0.25) is 4.40 Å². The monoisotopic (exact) mass is 257 g/mol. The van der Waals surface area contributed by atoms with Crippen LogP contribution in [-0.4, -0.2) is 27.7 Å². The van der Waals surface area contributed by atoms with Crippen LogP contribution in [0.3, 0.4) is 0 Å². The Labute approximate surface area is 110 Å². The van der Waals surface area contributed by atoms with Crippen molar-refractivity contribution in [1.82, 2.24) is 14.6 Å². The van der Waals surface area contributed by atoms with Crippen LogP contribution in [0.1, 0.15) is 41.4 Å². The number of hydrogen-bond donors (Lipinski definition) is 0. The Bertz CT molecular complexity index is 654. The lowest BCUT2D eigenvalue weighted by Crippen LogP contribution is -2.06. The molecule has 19 heavy (non-hydrogen) atoms. The molecule has 0 saturated heterocycles. The highest BCUT2D eigenvalue weighted by molar-refractivity contribution is 5.89. The number of nitrogens with zero attached hydrogens (tertiary/aromatic N) is 3. The smallest absolute Gasteiger partial charge is 0.339 e. The SMILES string of the molecule is COC(=O)c1ccc2nnc(C3CC4CC4C3)n2c1. The second-order valence-electron chi connectivity index (χ2n) is 5.62. The molecule has 4 rings (SSSR count). The average Bonchev–Trinajstić information content (AvgIpc) is 2.89. The number of fused-ring (bicyclic) bond motifs is 2. The lowest BCUT2D eigenvalue weighted by atomic mass is 10.0. The van der Waals surface area contributed by atoms with E-state index in [1.54, 1.807) is 12.3 Å². The van der Waals surface area contributed by atoms with Crippen molar-refractivity contribution in [3.8, 4) is 0 Å². The van der Waals surface area contributed by atoms with Crippen molar-refractivity contribution in [3.63, 3.8) is 0 Å². The lowest BCUT2D eigenvalue weighted by Gasteiger charge is -2.09. The van der Waals surface area contributed by atoms with Gasteiger partial charge in [0, 0.05) is 12.1 Å². The molecule has 2 saturated carbocycles. The Morgan fingerprint density at radius 1 is 1.26 bits per heavy atom. The van der Waals surface area contributed by atoms with Gasteiger partial charge in [-0.2, -0.15) is 0 Å². The Hall–Kier alpha value is -1.91. The lowest BCUT2D eigenvalue weighted by molar-refractivity contribution is 0.0600. The Kier molecular flexibility index (Phi) is 2.19. The summed E-state index contributed by atoms with van der Waals surface area (Å²) < 4.78 is 6.70. The molecule has 2 aliphatic carbocycles. The van der Waals surface area contributed by atoms with E-state index >= 15 is 0 Å². The maximum atomic E-state index is 11.6. The molecule has 2 atom stereocenters. The maximum absolute atomic E-state index is 11.6. The average molecular weight is 257 g/mol. The topological polar surface area (TPSA) is 56.5 Å². The van der Waals surface area contributed by atoms with Gasteiger partial charge in [0.2, 0.25) is 0 Å². The third-order valence-corrected chi connectivity index (χ3v) is 4.46. The largest absolute Gasteiger partial charge is 0.465 e. The van der Waals surface area contributed by atoms with E-state index in [0.717, 1.165) is 23.3 Å². The van der Waals surface area contributed by atoms with Gasteiger partial charge >= 0.3 is 5.97 Å². The van der Waals surface area contributed by atoms with E-state index in [0.29, 0.717) is 11.5 Å². The van der Waals surface area contributed by atoms with Gasteiger partial charge in [0.25, 0.3) is 0 Å². The van der Waals surface area contributed by atoms with Crippen LogP contribution in [0.4, 0.5) is 0 Å². The summed E-state index contributed by atoms with van der Waals surface area (Å²) in [6.45, 7) is 0. The number of hydrogen-bond acceptors (Lipinski definition) is 4. The molecule has 5 heteroatoms. The molecular weight excluding hydrogens is 242 g/mol. The molecule has 0 radical (unpaired) electrons. The van der Waals surface area contributed by atoms with E-state index in [2.05, 4.69) is 10.2 Å². The molecule has 0 spiro atoms. The third-order valence-electron chi connectivity index (χ3n) is 4.46. The molecule has 0 amide bonds. The molecule has 2 heterocycles. The summed E-state index contributed by atoms with van der Waals surface area (Å²) in [5, 5.41) is 8.51. The van der Waals surface area contributed by atoms with Crippen molar-refractivity contribution in [2.24, 2.45) is 11.8 Å². The maximum Gasteiger partial charge on any atom is 0.339 e. The van der Waals surface area contributed by atoms with Gasteiger partial charge in [-0.05, 0) is 43.2 Å². The fourth-order valence-corrected chi connectivity index (χ4v) is 3.35. The zero-order valence-corrected chi connectivity index (χ0v) is 10.7. The van der Waals surface area contributed by atoms with Gasteiger partial charge in [-0.15, -0.1) is 10.2 Å². The van der Waals surface area contributed by atoms with Crippen LogP contribution in [0.2, 0.25) is 0 Å². The fraction of sp³-hybridized carbons (Fsp3) is 0.500. The second kappa shape index (κ2) is 3.79. The molecule has 2 fully saturated rings. The fourth-order valence-electron chi connectivity index (χ4n) is 3.35. The number of ether oxygens (including phenoxy) is 1. The second-order valence-corrected chi connectivity index (χ2v) is 5.62. The Morgan fingerprint density at radius 3 is 2.79 bits per heavy atom. The number of carbonyl (C=O) groups is 1. The Balaban J connectivity index is 1.76. The highest BCUT2D eigenvalue weighted by Crippen LogP contribution is 2.57. The van der Waals surface area contributed by atoms with Gasteiger partial charge in [-0.25, -0.2) is 4.79 Å². The molecule has 2 aromatic heterocycles. The molecule has 98 valence electrons. The van der Waals surface area contributed by atoms with E-state index in [-0.39, 0.29) is 5.97 Å². The summed E-state index contributed by atoms with van der Waals surface area (Å²) in [4.78, 5) is 11.6. The van der Waals surface area contributed by atoms with Crippen LogP contribution in [0.25, 0.3) is 5.65 Å². The predicted octanol–water partition coefficient (Wildman–Crippen LogP) is 2.03. The number of esters is 1. The zero-order valence-electron chi connectivity index (χ0n) is 10.7. The Morgan fingerprint density at radius 2 is 2.05 bits per heavy atom. The first kappa shape index (κ1) is 11.0. The zero-order chi connectivity index (χ0) is 13.0. The van der Waals surface area contributed by atoms with Crippen LogP contribution in [0.5, 0.6) is 0 Å². The third kappa shape index (κ3) is 1.64. The van der Waals surface area contributed by atoms with Crippen molar-refractivity contribution < 1.29 is 9.53 Å². The number of carbonyl (C=O) groups excluding carboxylic acids is 1. The molecule has 0 aliphatic heterocycles. The van der Waals surface area contributed by atoms with Crippen molar-refractivity contribution in [1.29, 1.82) is 0 Å².